The molecule has 1 heterocycles. The molecule has 0 atom stereocenters. The maximum absolute atomic E-state index is 12.8. The number of nitrogens with zero attached hydrogens (tertiary/aromatic N) is 1. The van der Waals surface area contributed by atoms with Crippen molar-refractivity contribution in [3.8, 4) is 16.9 Å². The van der Waals surface area contributed by atoms with Gasteiger partial charge in [-0.15, -0.1) is 0 Å². The minimum Gasteiger partial charge on any atom is -0.493 e. The first-order valence-electron chi connectivity index (χ1n) is 16.4. The second kappa shape index (κ2) is 13.8. The van der Waals surface area contributed by atoms with E-state index in [0.717, 1.165) is 82.0 Å². The molecular weight excluding hydrogens is 561 g/mol. The summed E-state index contributed by atoms with van der Waals surface area (Å²) in [6.07, 6.45) is 7.46. The number of hydrogen-bond donors (Lipinski definition) is 1. The molecule has 1 saturated carbocycles. The van der Waals surface area contributed by atoms with E-state index in [-0.39, 0.29) is 5.91 Å². The first-order chi connectivity index (χ1) is 21.3. The van der Waals surface area contributed by atoms with Gasteiger partial charge in [-0.3, -0.25) is 4.79 Å². The van der Waals surface area contributed by atoms with Gasteiger partial charge in [0, 0.05) is 12.1 Å². The van der Waals surface area contributed by atoms with Crippen molar-refractivity contribution in [1.82, 2.24) is 10.2 Å². The highest BCUT2D eigenvalue weighted by Crippen LogP contribution is 2.41. The van der Waals surface area contributed by atoms with Gasteiger partial charge in [-0.1, -0.05) is 36.4 Å². The van der Waals surface area contributed by atoms with E-state index in [0.29, 0.717) is 23.6 Å². The number of likely N-dealkylation sites (tertiary alicyclic amines) is 1. The van der Waals surface area contributed by atoms with E-state index < -0.39 is 11.7 Å². The Morgan fingerprint density at radius 3 is 2.20 bits per heavy atom. The third-order valence-electron chi connectivity index (χ3n) is 9.58. The Hall–Kier alpha value is -3.32. The SMILES string of the molecule is O=C(NCCCCN1CCC(c2ccc3c(c2OCC2CC2)CCCC3)CC1)c1ccc(-c2ccc(C(F)(F)F)cc2)cc1. The van der Waals surface area contributed by atoms with Gasteiger partial charge in [0.25, 0.3) is 5.91 Å². The number of fused-ring (bicyclic) bond motifs is 1. The van der Waals surface area contributed by atoms with Crippen LogP contribution in [0.4, 0.5) is 13.2 Å². The molecule has 0 unspecified atom stereocenters. The van der Waals surface area contributed by atoms with Crippen molar-refractivity contribution >= 4 is 5.91 Å². The molecule has 7 heteroatoms. The molecule has 1 N–H and O–H groups in total. The molecule has 0 radical (unpaired) electrons. The minimum atomic E-state index is -4.35. The molecule has 2 fully saturated rings. The van der Waals surface area contributed by atoms with Gasteiger partial charge in [-0.05, 0) is 148 Å². The summed E-state index contributed by atoms with van der Waals surface area (Å²) < 4.78 is 45.0. The standard InChI is InChI=1S/C37H43F3N2O2/c38-37(39,40)32-16-13-28(14-17-32)27-9-11-31(12-10-27)36(43)41-21-3-4-22-42-23-19-30(20-24-42)34-18-15-29-5-1-2-6-33(29)35(34)44-25-26-7-8-26/h9-18,26,30H,1-8,19-25H2,(H,41,43). The van der Waals surface area contributed by atoms with Crippen LogP contribution in [0.5, 0.6) is 5.75 Å². The lowest BCUT2D eigenvalue weighted by atomic mass is 9.83. The number of carbonyl (C=O) groups excluding carboxylic acids is 1. The molecule has 0 aromatic heterocycles. The van der Waals surface area contributed by atoms with Crippen molar-refractivity contribution in [3.05, 3.63) is 88.5 Å². The Labute approximate surface area is 259 Å². The summed E-state index contributed by atoms with van der Waals surface area (Å²) in [7, 11) is 0. The fourth-order valence-corrected chi connectivity index (χ4v) is 6.69. The number of hydrogen-bond acceptors (Lipinski definition) is 3. The van der Waals surface area contributed by atoms with Crippen LogP contribution in [-0.2, 0) is 19.0 Å². The molecule has 1 amide bonds. The third kappa shape index (κ3) is 7.66. The first kappa shape index (κ1) is 30.7. The first-order valence-corrected chi connectivity index (χ1v) is 16.4. The number of nitrogens with one attached hydrogen (secondary N) is 1. The van der Waals surface area contributed by atoms with Crippen molar-refractivity contribution in [1.29, 1.82) is 0 Å². The molecule has 6 rings (SSSR count). The number of amides is 1. The van der Waals surface area contributed by atoms with E-state index in [1.54, 1.807) is 24.3 Å². The van der Waals surface area contributed by atoms with E-state index in [1.165, 1.54) is 66.7 Å². The van der Waals surface area contributed by atoms with Gasteiger partial charge in [0.2, 0.25) is 0 Å². The molecule has 0 bridgehead atoms. The van der Waals surface area contributed by atoms with Crippen LogP contribution >= 0.6 is 0 Å². The van der Waals surface area contributed by atoms with Crippen LogP contribution in [0.1, 0.15) is 89.9 Å². The highest BCUT2D eigenvalue weighted by molar-refractivity contribution is 5.94. The molecule has 0 spiro atoms. The number of benzene rings is 3. The van der Waals surface area contributed by atoms with Gasteiger partial charge >= 0.3 is 6.18 Å². The van der Waals surface area contributed by atoms with Crippen LogP contribution in [-0.4, -0.2) is 43.6 Å². The van der Waals surface area contributed by atoms with Gasteiger partial charge in [-0.25, -0.2) is 0 Å². The molecule has 234 valence electrons. The van der Waals surface area contributed by atoms with Gasteiger partial charge in [0.05, 0.1) is 12.2 Å². The van der Waals surface area contributed by atoms with Gasteiger partial charge in [-0.2, -0.15) is 13.2 Å². The van der Waals surface area contributed by atoms with E-state index in [1.807, 2.05) is 0 Å². The van der Waals surface area contributed by atoms with Gasteiger partial charge in [0.15, 0.2) is 0 Å². The number of ether oxygens (including phenoxy) is 1. The van der Waals surface area contributed by atoms with Crippen LogP contribution in [0, 0.1) is 5.92 Å². The summed E-state index contributed by atoms with van der Waals surface area (Å²) in [4.78, 5) is 15.2. The third-order valence-corrected chi connectivity index (χ3v) is 9.58. The van der Waals surface area contributed by atoms with Crippen molar-refractivity contribution in [2.75, 3.05) is 32.8 Å². The van der Waals surface area contributed by atoms with E-state index >= 15 is 0 Å². The van der Waals surface area contributed by atoms with Crippen LogP contribution in [0.25, 0.3) is 11.1 Å². The molecule has 4 nitrogen and oxygen atoms in total. The quantitative estimate of drug-likeness (QED) is 0.224. The average Bonchev–Trinajstić information content (AvgIpc) is 3.88. The molecule has 1 aliphatic heterocycles. The van der Waals surface area contributed by atoms with Crippen molar-refractivity contribution in [2.45, 2.75) is 76.3 Å². The van der Waals surface area contributed by atoms with E-state index in [4.69, 9.17) is 4.74 Å². The van der Waals surface area contributed by atoms with Crippen LogP contribution in [0.3, 0.4) is 0 Å². The highest BCUT2D eigenvalue weighted by atomic mass is 19.4. The second-order valence-electron chi connectivity index (χ2n) is 12.8. The normalized spacial score (nSPS) is 17.7. The fraction of sp³-hybridized carbons (Fsp3) is 0.486. The summed E-state index contributed by atoms with van der Waals surface area (Å²) in [5.41, 5.74) is 5.77. The number of halogens is 3. The maximum atomic E-state index is 12.8. The Kier molecular flexibility index (Phi) is 9.60. The molecule has 44 heavy (non-hydrogen) atoms. The van der Waals surface area contributed by atoms with E-state index in [2.05, 4.69) is 22.3 Å². The zero-order valence-corrected chi connectivity index (χ0v) is 25.4. The van der Waals surface area contributed by atoms with Crippen molar-refractivity contribution in [2.24, 2.45) is 5.92 Å². The monoisotopic (exact) mass is 604 g/mol. The largest absolute Gasteiger partial charge is 0.493 e. The molecule has 3 aromatic rings. The zero-order valence-electron chi connectivity index (χ0n) is 25.4. The predicted molar refractivity (Wildman–Crippen MR) is 168 cm³/mol. The zero-order chi connectivity index (χ0) is 30.5. The molecule has 1 saturated heterocycles. The molecule has 3 aliphatic rings. The number of alkyl halides is 3. The number of aryl methyl sites for hydroxylation is 1. The molecule has 3 aromatic carbocycles. The topological polar surface area (TPSA) is 41.6 Å². The van der Waals surface area contributed by atoms with Gasteiger partial charge in [0.1, 0.15) is 5.75 Å². The predicted octanol–water partition coefficient (Wildman–Crippen LogP) is 8.43. The average molecular weight is 605 g/mol. The van der Waals surface area contributed by atoms with Crippen LogP contribution in [0.15, 0.2) is 60.7 Å². The molecular formula is C37H43F3N2O2. The van der Waals surface area contributed by atoms with E-state index in [9.17, 15) is 18.0 Å². The Balaban J connectivity index is 0.922. The smallest absolute Gasteiger partial charge is 0.416 e. The molecule has 2 aliphatic carbocycles. The Morgan fingerprint density at radius 1 is 0.841 bits per heavy atom. The fourth-order valence-electron chi connectivity index (χ4n) is 6.69. The van der Waals surface area contributed by atoms with Crippen molar-refractivity contribution < 1.29 is 22.7 Å². The number of carbonyl (C=O) groups is 1. The van der Waals surface area contributed by atoms with Gasteiger partial charge < -0.3 is 15.0 Å². The number of rotatable bonds is 11. The summed E-state index contributed by atoms with van der Waals surface area (Å²) in [6, 6.07) is 16.8. The lowest BCUT2D eigenvalue weighted by molar-refractivity contribution is -0.137. The highest BCUT2D eigenvalue weighted by Gasteiger charge is 2.30. The second-order valence-corrected chi connectivity index (χ2v) is 12.8. The summed E-state index contributed by atoms with van der Waals surface area (Å²) >= 11 is 0. The summed E-state index contributed by atoms with van der Waals surface area (Å²) in [5, 5.41) is 3.01. The Bertz CT molecular complexity index is 1410. The van der Waals surface area contributed by atoms with Crippen molar-refractivity contribution in [3.63, 3.8) is 0 Å². The van der Waals surface area contributed by atoms with Crippen LogP contribution < -0.4 is 10.1 Å². The Morgan fingerprint density at radius 2 is 1.52 bits per heavy atom. The summed E-state index contributed by atoms with van der Waals surface area (Å²) in [6.45, 7) is 4.74. The lowest BCUT2D eigenvalue weighted by Crippen LogP contribution is -2.34. The maximum Gasteiger partial charge on any atom is 0.416 e. The lowest BCUT2D eigenvalue weighted by Gasteiger charge is -2.34. The summed E-state index contributed by atoms with van der Waals surface area (Å²) in [5.74, 6) is 2.43. The number of unbranched alkanes of at least 4 members (excludes halogenated alkanes) is 1. The number of piperidine rings is 1. The minimum absolute atomic E-state index is 0.130. The van der Waals surface area contributed by atoms with Crippen LogP contribution in [0.2, 0.25) is 0 Å².